The third-order valence-electron chi connectivity index (χ3n) is 2.97. The number of hydrogen-bond donors (Lipinski definition) is 2. The molecule has 0 unspecified atom stereocenters. The first-order valence-electron chi connectivity index (χ1n) is 6.41. The monoisotopic (exact) mass is 230 g/mol. The minimum absolute atomic E-state index is 0.697. The molecule has 0 aromatic carbocycles. The van der Waals surface area contributed by atoms with Gasteiger partial charge in [-0.25, -0.2) is 0 Å². The van der Waals surface area contributed by atoms with E-state index in [0.717, 1.165) is 25.5 Å². The SMILES string of the molecule is COCCOCCCNCC1CCNCC1. The van der Waals surface area contributed by atoms with Gasteiger partial charge >= 0.3 is 0 Å². The van der Waals surface area contributed by atoms with Gasteiger partial charge in [0.15, 0.2) is 0 Å². The van der Waals surface area contributed by atoms with Crippen molar-refractivity contribution in [2.75, 3.05) is 53.1 Å². The number of rotatable bonds is 9. The van der Waals surface area contributed by atoms with Gasteiger partial charge in [-0.05, 0) is 51.4 Å². The summed E-state index contributed by atoms with van der Waals surface area (Å²) >= 11 is 0. The van der Waals surface area contributed by atoms with Crippen LogP contribution in [0.5, 0.6) is 0 Å². The minimum atomic E-state index is 0.697. The maximum absolute atomic E-state index is 5.39. The van der Waals surface area contributed by atoms with Crippen LogP contribution in [0, 0.1) is 5.92 Å². The standard InChI is InChI=1S/C12H26N2O2/c1-15-9-10-16-8-2-5-14-11-12-3-6-13-7-4-12/h12-14H,2-11H2,1H3. The van der Waals surface area contributed by atoms with Gasteiger partial charge in [0.2, 0.25) is 0 Å². The van der Waals surface area contributed by atoms with Crippen LogP contribution in [-0.4, -0.2) is 53.1 Å². The summed E-state index contributed by atoms with van der Waals surface area (Å²) in [5.41, 5.74) is 0. The van der Waals surface area contributed by atoms with Crippen molar-refractivity contribution in [2.24, 2.45) is 5.92 Å². The lowest BCUT2D eigenvalue weighted by molar-refractivity contribution is 0.0694. The largest absolute Gasteiger partial charge is 0.382 e. The van der Waals surface area contributed by atoms with E-state index < -0.39 is 0 Å². The molecule has 0 spiro atoms. The third kappa shape index (κ3) is 7.17. The highest BCUT2D eigenvalue weighted by Crippen LogP contribution is 2.09. The Kier molecular flexibility index (Phi) is 8.71. The quantitative estimate of drug-likeness (QED) is 0.570. The molecule has 96 valence electrons. The van der Waals surface area contributed by atoms with E-state index >= 15 is 0 Å². The average Bonchev–Trinajstić information content (AvgIpc) is 2.34. The molecule has 0 saturated carbocycles. The molecule has 1 saturated heterocycles. The predicted octanol–water partition coefficient (Wildman–Crippen LogP) is 0.629. The molecule has 4 heteroatoms. The van der Waals surface area contributed by atoms with E-state index in [0.29, 0.717) is 13.2 Å². The van der Waals surface area contributed by atoms with Crippen molar-refractivity contribution >= 4 is 0 Å². The number of piperidine rings is 1. The summed E-state index contributed by atoms with van der Waals surface area (Å²) in [5.74, 6) is 0.871. The van der Waals surface area contributed by atoms with Crippen LogP contribution in [0.4, 0.5) is 0 Å². The molecule has 0 amide bonds. The van der Waals surface area contributed by atoms with Crippen LogP contribution in [0.25, 0.3) is 0 Å². The fraction of sp³-hybridized carbons (Fsp3) is 1.00. The number of ether oxygens (including phenoxy) is 2. The Bertz CT molecular complexity index is 150. The van der Waals surface area contributed by atoms with Gasteiger partial charge in [-0.3, -0.25) is 0 Å². The number of methoxy groups -OCH3 is 1. The number of nitrogens with one attached hydrogen (secondary N) is 2. The fourth-order valence-electron chi connectivity index (χ4n) is 1.94. The van der Waals surface area contributed by atoms with Crippen LogP contribution in [0.1, 0.15) is 19.3 Å². The Morgan fingerprint density at radius 2 is 2.00 bits per heavy atom. The second kappa shape index (κ2) is 10.0. The molecule has 1 aliphatic heterocycles. The zero-order chi connectivity index (χ0) is 11.5. The van der Waals surface area contributed by atoms with Crippen LogP contribution in [0.15, 0.2) is 0 Å². The minimum Gasteiger partial charge on any atom is -0.382 e. The van der Waals surface area contributed by atoms with Crippen molar-refractivity contribution in [1.29, 1.82) is 0 Å². The van der Waals surface area contributed by atoms with E-state index in [1.807, 2.05) is 0 Å². The Morgan fingerprint density at radius 3 is 2.75 bits per heavy atom. The summed E-state index contributed by atoms with van der Waals surface area (Å²) in [6, 6.07) is 0. The van der Waals surface area contributed by atoms with Crippen LogP contribution >= 0.6 is 0 Å². The maximum atomic E-state index is 5.39. The maximum Gasteiger partial charge on any atom is 0.0700 e. The second-order valence-electron chi connectivity index (χ2n) is 4.36. The molecule has 4 nitrogen and oxygen atoms in total. The molecule has 0 radical (unpaired) electrons. The van der Waals surface area contributed by atoms with E-state index in [9.17, 15) is 0 Å². The first-order chi connectivity index (χ1) is 7.93. The molecule has 0 atom stereocenters. The molecule has 0 aromatic heterocycles. The lowest BCUT2D eigenvalue weighted by Gasteiger charge is -2.22. The second-order valence-corrected chi connectivity index (χ2v) is 4.36. The zero-order valence-corrected chi connectivity index (χ0v) is 10.5. The average molecular weight is 230 g/mol. The van der Waals surface area contributed by atoms with Crippen LogP contribution < -0.4 is 10.6 Å². The van der Waals surface area contributed by atoms with Crippen molar-refractivity contribution in [3.63, 3.8) is 0 Å². The predicted molar refractivity (Wildman–Crippen MR) is 65.8 cm³/mol. The van der Waals surface area contributed by atoms with Crippen LogP contribution in [-0.2, 0) is 9.47 Å². The Labute approximate surface area is 99.1 Å². The Morgan fingerprint density at radius 1 is 1.19 bits per heavy atom. The van der Waals surface area contributed by atoms with E-state index in [1.54, 1.807) is 7.11 Å². The van der Waals surface area contributed by atoms with Gasteiger partial charge in [0.1, 0.15) is 0 Å². The van der Waals surface area contributed by atoms with E-state index in [2.05, 4.69) is 10.6 Å². The van der Waals surface area contributed by atoms with Crippen molar-refractivity contribution in [2.45, 2.75) is 19.3 Å². The molecular weight excluding hydrogens is 204 g/mol. The molecule has 2 N–H and O–H groups in total. The molecule has 1 heterocycles. The van der Waals surface area contributed by atoms with E-state index in [-0.39, 0.29) is 0 Å². The van der Waals surface area contributed by atoms with Crippen LogP contribution in [0.2, 0.25) is 0 Å². The summed E-state index contributed by atoms with van der Waals surface area (Å²) in [5, 5.41) is 6.89. The first kappa shape index (κ1) is 13.9. The van der Waals surface area contributed by atoms with Gasteiger partial charge in [0.25, 0.3) is 0 Å². The molecule has 0 aromatic rings. The third-order valence-corrected chi connectivity index (χ3v) is 2.97. The van der Waals surface area contributed by atoms with Crippen molar-refractivity contribution < 1.29 is 9.47 Å². The lowest BCUT2D eigenvalue weighted by atomic mass is 9.98. The Balaban J connectivity index is 1.77. The summed E-state index contributed by atoms with van der Waals surface area (Å²) in [6.07, 6.45) is 3.73. The van der Waals surface area contributed by atoms with Gasteiger partial charge < -0.3 is 20.1 Å². The smallest absolute Gasteiger partial charge is 0.0700 e. The summed E-state index contributed by atoms with van der Waals surface area (Å²) in [7, 11) is 1.70. The highest BCUT2D eigenvalue weighted by atomic mass is 16.5. The van der Waals surface area contributed by atoms with Crippen molar-refractivity contribution in [1.82, 2.24) is 10.6 Å². The highest BCUT2D eigenvalue weighted by Gasteiger charge is 2.11. The van der Waals surface area contributed by atoms with E-state index in [1.165, 1.54) is 32.5 Å². The number of hydrogen-bond acceptors (Lipinski definition) is 4. The zero-order valence-electron chi connectivity index (χ0n) is 10.5. The topological polar surface area (TPSA) is 42.5 Å². The molecule has 1 rings (SSSR count). The first-order valence-corrected chi connectivity index (χ1v) is 6.41. The van der Waals surface area contributed by atoms with Crippen LogP contribution in [0.3, 0.4) is 0 Å². The van der Waals surface area contributed by atoms with Gasteiger partial charge in [0, 0.05) is 13.7 Å². The van der Waals surface area contributed by atoms with Crippen molar-refractivity contribution in [3.8, 4) is 0 Å². The summed E-state index contributed by atoms with van der Waals surface area (Å²) in [6.45, 7) is 6.85. The lowest BCUT2D eigenvalue weighted by Crippen LogP contribution is -2.34. The molecule has 1 fully saturated rings. The van der Waals surface area contributed by atoms with Gasteiger partial charge in [-0.15, -0.1) is 0 Å². The van der Waals surface area contributed by atoms with Gasteiger partial charge in [-0.2, -0.15) is 0 Å². The van der Waals surface area contributed by atoms with E-state index in [4.69, 9.17) is 9.47 Å². The van der Waals surface area contributed by atoms with Gasteiger partial charge in [-0.1, -0.05) is 0 Å². The Hall–Kier alpha value is -0.160. The molecule has 1 aliphatic rings. The fourth-order valence-corrected chi connectivity index (χ4v) is 1.94. The molecule has 0 aliphatic carbocycles. The van der Waals surface area contributed by atoms with Crippen molar-refractivity contribution in [3.05, 3.63) is 0 Å². The summed E-state index contributed by atoms with van der Waals surface area (Å²) in [4.78, 5) is 0. The summed E-state index contributed by atoms with van der Waals surface area (Å²) < 4.78 is 10.3. The highest BCUT2D eigenvalue weighted by molar-refractivity contribution is 4.70. The normalized spacial score (nSPS) is 17.8. The molecule has 16 heavy (non-hydrogen) atoms. The molecular formula is C12H26N2O2. The van der Waals surface area contributed by atoms with Gasteiger partial charge in [0.05, 0.1) is 13.2 Å². The molecule has 0 bridgehead atoms.